The van der Waals surface area contributed by atoms with Crippen molar-refractivity contribution in [3.05, 3.63) is 37.1 Å². The van der Waals surface area contributed by atoms with Crippen molar-refractivity contribution in [2.24, 2.45) is 0 Å². The second kappa shape index (κ2) is 6.32. The lowest BCUT2D eigenvalue weighted by Gasteiger charge is -1.99. The molecule has 0 aromatic carbocycles. The third-order valence-electron chi connectivity index (χ3n) is 2.37. The van der Waals surface area contributed by atoms with Crippen molar-refractivity contribution in [1.29, 1.82) is 0 Å². The second-order valence-corrected chi connectivity index (χ2v) is 3.87. The van der Waals surface area contributed by atoms with Gasteiger partial charge in [-0.2, -0.15) is 0 Å². The van der Waals surface area contributed by atoms with Gasteiger partial charge in [0.05, 0.1) is 11.9 Å². The van der Waals surface area contributed by atoms with Crippen LogP contribution in [0.25, 0.3) is 11.3 Å². The maximum absolute atomic E-state index is 11.4. The molecule has 0 bridgehead atoms. The Morgan fingerprint density at radius 1 is 1.30 bits per heavy atom. The molecule has 8 heteroatoms. The average molecular weight is 274 g/mol. The molecule has 2 aromatic rings. The highest BCUT2D eigenvalue weighted by atomic mass is 16.4. The molecule has 0 spiro atoms. The molecule has 2 heterocycles. The van der Waals surface area contributed by atoms with Crippen LogP contribution in [-0.4, -0.2) is 38.6 Å². The van der Waals surface area contributed by atoms with Crippen LogP contribution in [0.3, 0.4) is 0 Å². The zero-order chi connectivity index (χ0) is 14.4. The van der Waals surface area contributed by atoms with Crippen molar-refractivity contribution in [2.75, 3.05) is 6.54 Å². The van der Waals surface area contributed by atoms with Gasteiger partial charge >= 0.3 is 5.97 Å². The highest BCUT2D eigenvalue weighted by Crippen LogP contribution is 2.10. The van der Waals surface area contributed by atoms with E-state index in [0.717, 1.165) is 5.56 Å². The molecule has 0 unspecified atom stereocenters. The van der Waals surface area contributed by atoms with Crippen LogP contribution in [0.5, 0.6) is 0 Å². The number of amides is 1. The maximum atomic E-state index is 11.4. The molecule has 0 radical (unpaired) electrons. The van der Waals surface area contributed by atoms with E-state index in [1.165, 1.54) is 4.68 Å². The van der Waals surface area contributed by atoms with Gasteiger partial charge in [0.2, 0.25) is 0 Å². The summed E-state index contributed by atoms with van der Waals surface area (Å²) in [5.41, 5.74) is 1.46. The Morgan fingerprint density at radius 3 is 2.75 bits per heavy atom. The number of carbonyl (C=O) groups is 2. The van der Waals surface area contributed by atoms with Crippen molar-refractivity contribution >= 4 is 11.9 Å². The zero-order valence-corrected chi connectivity index (χ0v) is 10.4. The number of hydrogen-bond donors (Lipinski definition) is 2. The Balaban J connectivity index is 1.98. The summed E-state index contributed by atoms with van der Waals surface area (Å²) in [5.74, 6) is -1.51. The number of carboxylic acid groups (broad SMARTS) is 1. The maximum Gasteiger partial charge on any atom is 0.322 e. The van der Waals surface area contributed by atoms with Crippen LogP contribution in [-0.2, 0) is 16.1 Å². The van der Waals surface area contributed by atoms with E-state index in [4.69, 9.17) is 5.11 Å². The smallest absolute Gasteiger partial charge is 0.322 e. The Bertz CT molecular complexity index is 600. The number of rotatable bonds is 5. The molecule has 2 aromatic heterocycles. The quantitative estimate of drug-likeness (QED) is 0.679. The molecule has 0 fully saturated rings. The number of carboxylic acids is 1. The summed E-state index contributed by atoms with van der Waals surface area (Å²) >= 11 is 0. The minimum absolute atomic E-state index is 0.0476. The molecule has 2 N–H and O–H groups in total. The predicted octanol–water partition coefficient (Wildman–Crippen LogP) is -0.973. The molecule has 0 saturated heterocycles. The molecule has 0 aliphatic carbocycles. The Labute approximate surface area is 114 Å². The first-order valence-electron chi connectivity index (χ1n) is 5.76. The van der Waals surface area contributed by atoms with Crippen molar-refractivity contribution in [3.8, 4) is 11.3 Å². The topological polar surface area (TPSA) is 109 Å². The molecule has 1 amide bonds. The van der Waals surface area contributed by atoms with Crippen LogP contribution in [0.2, 0.25) is 0 Å². The van der Waals surface area contributed by atoms with Gasteiger partial charge in [-0.25, -0.2) is 0 Å². The number of hydrogen-bond acceptors (Lipinski definition) is 5. The lowest BCUT2D eigenvalue weighted by Crippen LogP contribution is -2.46. The molecular formula is C12H12N5O3+. The lowest BCUT2D eigenvalue weighted by molar-refractivity contribution is -0.742. The normalized spacial score (nSPS) is 10.0. The third-order valence-corrected chi connectivity index (χ3v) is 2.37. The summed E-state index contributed by atoms with van der Waals surface area (Å²) < 4.78 is 1.40. The molecule has 102 valence electrons. The standard InChI is InChI=1S/C12H11N5O3/c18-11(15-7-12(19)20)8-17-4-1-9(5-16-17)10-6-13-2-3-14-10/h1-6H,7-8H2,(H-,15,18,19,20)/p+1. The van der Waals surface area contributed by atoms with Gasteiger partial charge in [-0.3, -0.25) is 19.6 Å². The molecule has 0 aliphatic heterocycles. The van der Waals surface area contributed by atoms with E-state index >= 15 is 0 Å². The van der Waals surface area contributed by atoms with Crippen LogP contribution in [0.4, 0.5) is 0 Å². The van der Waals surface area contributed by atoms with E-state index in [2.05, 4.69) is 20.4 Å². The van der Waals surface area contributed by atoms with Crippen molar-refractivity contribution < 1.29 is 19.4 Å². The molecule has 0 aliphatic rings. The monoisotopic (exact) mass is 274 g/mol. The van der Waals surface area contributed by atoms with Gasteiger partial charge in [0, 0.05) is 24.0 Å². The van der Waals surface area contributed by atoms with Gasteiger partial charge in [-0.1, -0.05) is 4.68 Å². The Kier molecular flexibility index (Phi) is 4.28. The van der Waals surface area contributed by atoms with Crippen LogP contribution >= 0.6 is 0 Å². The van der Waals surface area contributed by atoms with Crippen LogP contribution in [0, 0.1) is 0 Å². The zero-order valence-electron chi connectivity index (χ0n) is 10.4. The number of aliphatic carboxylic acids is 1. The molecule has 20 heavy (non-hydrogen) atoms. The first-order valence-corrected chi connectivity index (χ1v) is 5.76. The second-order valence-electron chi connectivity index (χ2n) is 3.87. The van der Waals surface area contributed by atoms with Crippen molar-refractivity contribution in [2.45, 2.75) is 6.54 Å². The molecule has 2 rings (SSSR count). The number of nitrogens with one attached hydrogen (secondary N) is 1. The van der Waals surface area contributed by atoms with E-state index in [-0.39, 0.29) is 6.54 Å². The summed E-state index contributed by atoms with van der Waals surface area (Å²) in [7, 11) is 0. The van der Waals surface area contributed by atoms with Gasteiger partial charge in [-0.05, 0) is 5.10 Å². The Hall–Kier alpha value is -2.90. The summed E-state index contributed by atoms with van der Waals surface area (Å²) in [6.45, 7) is -0.453. The molecule has 0 saturated carbocycles. The predicted molar refractivity (Wildman–Crippen MR) is 66.1 cm³/mol. The van der Waals surface area contributed by atoms with Gasteiger partial charge in [-0.15, -0.1) is 0 Å². The third kappa shape index (κ3) is 3.80. The lowest BCUT2D eigenvalue weighted by atomic mass is 10.2. The van der Waals surface area contributed by atoms with E-state index in [9.17, 15) is 9.59 Å². The van der Waals surface area contributed by atoms with Gasteiger partial charge in [0.15, 0.2) is 6.20 Å². The summed E-state index contributed by atoms with van der Waals surface area (Å²) in [6.07, 6.45) is 7.95. The first-order chi connectivity index (χ1) is 9.65. The van der Waals surface area contributed by atoms with Crippen molar-refractivity contribution in [3.63, 3.8) is 0 Å². The van der Waals surface area contributed by atoms with Crippen LogP contribution in [0.1, 0.15) is 0 Å². The fourth-order valence-corrected chi connectivity index (χ4v) is 1.45. The summed E-state index contributed by atoms with van der Waals surface area (Å²) in [5, 5.41) is 14.8. The largest absolute Gasteiger partial charge is 0.480 e. The van der Waals surface area contributed by atoms with Gasteiger partial charge < -0.3 is 10.4 Å². The first kappa shape index (κ1) is 13.5. The fraction of sp³-hybridized carbons (Fsp3) is 0.167. The van der Waals surface area contributed by atoms with E-state index in [0.29, 0.717) is 5.69 Å². The Morgan fingerprint density at radius 2 is 2.15 bits per heavy atom. The van der Waals surface area contributed by atoms with Gasteiger partial charge in [0.1, 0.15) is 12.7 Å². The average Bonchev–Trinajstić information content (AvgIpc) is 2.47. The van der Waals surface area contributed by atoms with Crippen LogP contribution < -0.4 is 10.00 Å². The fourth-order valence-electron chi connectivity index (χ4n) is 1.45. The van der Waals surface area contributed by atoms with Crippen molar-refractivity contribution in [1.82, 2.24) is 20.4 Å². The number of aromatic nitrogens is 4. The SMILES string of the molecule is O=C(O)CNC(=O)C[n+]1ccc(-c2cnccn2)cn1. The number of carbonyl (C=O) groups excluding carboxylic acids is 1. The minimum atomic E-state index is -1.09. The molecular weight excluding hydrogens is 262 g/mol. The number of nitrogens with zero attached hydrogens (tertiary/aromatic N) is 4. The summed E-state index contributed by atoms with van der Waals surface area (Å²) in [6, 6.07) is 1.75. The highest BCUT2D eigenvalue weighted by molar-refractivity contribution is 5.80. The van der Waals surface area contributed by atoms with E-state index < -0.39 is 18.4 Å². The van der Waals surface area contributed by atoms with Crippen LogP contribution in [0.15, 0.2) is 37.1 Å². The minimum Gasteiger partial charge on any atom is -0.480 e. The highest BCUT2D eigenvalue weighted by Gasteiger charge is 2.12. The summed E-state index contributed by atoms with van der Waals surface area (Å²) in [4.78, 5) is 29.8. The molecule has 0 atom stereocenters. The molecule has 8 nitrogen and oxygen atoms in total. The van der Waals surface area contributed by atoms with E-state index in [1.807, 2.05) is 0 Å². The van der Waals surface area contributed by atoms with Gasteiger partial charge in [0.25, 0.3) is 12.5 Å². The van der Waals surface area contributed by atoms with E-state index in [1.54, 1.807) is 37.1 Å².